The van der Waals surface area contributed by atoms with Crippen LogP contribution in [0.1, 0.15) is 30.9 Å². The molecule has 6 heteroatoms. The molecule has 0 aliphatic carbocycles. The van der Waals surface area contributed by atoms with Gasteiger partial charge in [-0.3, -0.25) is 0 Å². The lowest BCUT2D eigenvalue weighted by Gasteiger charge is -2.38. The maximum atomic E-state index is 13.2. The van der Waals surface area contributed by atoms with Gasteiger partial charge in [0.05, 0.1) is 17.0 Å². The van der Waals surface area contributed by atoms with E-state index in [-0.39, 0.29) is 10.9 Å². The molecule has 0 saturated carbocycles. The van der Waals surface area contributed by atoms with Gasteiger partial charge in [0, 0.05) is 5.02 Å². The van der Waals surface area contributed by atoms with Crippen LogP contribution in [0.3, 0.4) is 0 Å². The van der Waals surface area contributed by atoms with E-state index in [0.29, 0.717) is 17.9 Å². The van der Waals surface area contributed by atoms with Crippen molar-refractivity contribution in [2.24, 2.45) is 0 Å². The molecule has 2 aromatic rings. The summed E-state index contributed by atoms with van der Waals surface area (Å²) in [5.41, 5.74) is 0.904. The zero-order chi connectivity index (χ0) is 17.2. The monoisotopic (exact) mass is 363 g/mol. The molecule has 0 aromatic heterocycles. The number of carbonyl (C=O) groups is 1. The fourth-order valence-electron chi connectivity index (χ4n) is 3.20. The number of nitrogens with zero attached hydrogens (tertiary/aromatic N) is 1. The number of halogens is 1. The Kier molecular flexibility index (Phi) is 5.04. The number of carbonyl (C=O) groups excluding carboxylic acids is 1. The highest BCUT2D eigenvalue weighted by atomic mass is 35.5. The summed E-state index contributed by atoms with van der Waals surface area (Å²) in [5, 5.41) is 0.471. The molecule has 3 rings (SSSR count). The van der Waals surface area contributed by atoms with Crippen molar-refractivity contribution in [3.63, 3.8) is 0 Å². The fourth-order valence-corrected chi connectivity index (χ4v) is 5.12. The highest BCUT2D eigenvalue weighted by molar-refractivity contribution is 7.89. The summed E-state index contributed by atoms with van der Waals surface area (Å²) in [7, 11) is -3.79. The molecule has 2 atom stereocenters. The smallest absolute Gasteiger partial charge is 0.244 e. The lowest BCUT2D eigenvalue weighted by molar-refractivity contribution is -0.112. The molecule has 0 radical (unpaired) electrons. The van der Waals surface area contributed by atoms with Gasteiger partial charge in [-0.25, -0.2) is 8.42 Å². The first kappa shape index (κ1) is 17.1. The molecule has 1 saturated heterocycles. The molecule has 2 unspecified atom stereocenters. The van der Waals surface area contributed by atoms with Gasteiger partial charge >= 0.3 is 0 Å². The quantitative estimate of drug-likeness (QED) is 0.776. The van der Waals surface area contributed by atoms with Crippen LogP contribution in [0.4, 0.5) is 0 Å². The molecule has 0 spiro atoms. The largest absolute Gasteiger partial charge is 0.302 e. The molecule has 4 nitrogen and oxygen atoms in total. The van der Waals surface area contributed by atoms with Crippen molar-refractivity contribution in [1.82, 2.24) is 4.31 Å². The number of hydrogen-bond donors (Lipinski definition) is 0. The normalized spacial score (nSPS) is 22.2. The summed E-state index contributed by atoms with van der Waals surface area (Å²) in [6.07, 6.45) is 2.79. The van der Waals surface area contributed by atoms with Gasteiger partial charge in [0.2, 0.25) is 10.0 Å². The Hall–Kier alpha value is -1.69. The zero-order valence-electron chi connectivity index (χ0n) is 13.0. The van der Waals surface area contributed by atoms with Crippen molar-refractivity contribution in [3.05, 3.63) is 65.2 Å². The maximum Gasteiger partial charge on any atom is 0.244 e. The van der Waals surface area contributed by atoms with E-state index in [1.807, 2.05) is 30.3 Å². The van der Waals surface area contributed by atoms with E-state index in [1.54, 1.807) is 12.1 Å². The second-order valence-corrected chi connectivity index (χ2v) is 8.13. The fraction of sp³-hybridized carbons (Fsp3) is 0.278. The van der Waals surface area contributed by atoms with Crippen molar-refractivity contribution in [3.8, 4) is 0 Å². The molecular weight excluding hydrogens is 346 g/mol. The topological polar surface area (TPSA) is 54.5 Å². The Labute approximate surface area is 147 Å². The molecule has 24 heavy (non-hydrogen) atoms. The van der Waals surface area contributed by atoms with Crippen LogP contribution in [0.15, 0.2) is 59.5 Å². The zero-order valence-corrected chi connectivity index (χ0v) is 14.6. The van der Waals surface area contributed by atoms with Gasteiger partial charge < -0.3 is 4.79 Å². The third-order valence-electron chi connectivity index (χ3n) is 4.34. The van der Waals surface area contributed by atoms with E-state index in [2.05, 4.69) is 0 Å². The van der Waals surface area contributed by atoms with Gasteiger partial charge in [0.25, 0.3) is 0 Å². The van der Waals surface area contributed by atoms with E-state index in [4.69, 9.17) is 11.6 Å². The lowest BCUT2D eigenvalue weighted by Crippen LogP contribution is -2.46. The number of hydrogen-bond acceptors (Lipinski definition) is 3. The maximum absolute atomic E-state index is 13.2. The molecule has 0 N–H and O–H groups in total. The third kappa shape index (κ3) is 3.24. The Morgan fingerprint density at radius 1 is 1.00 bits per heavy atom. The van der Waals surface area contributed by atoms with Gasteiger partial charge in [-0.15, -0.1) is 0 Å². The van der Waals surface area contributed by atoms with Crippen LogP contribution in [-0.2, 0) is 14.8 Å². The summed E-state index contributed by atoms with van der Waals surface area (Å²) in [4.78, 5) is 11.7. The van der Waals surface area contributed by atoms with E-state index in [0.717, 1.165) is 18.3 Å². The Morgan fingerprint density at radius 3 is 2.29 bits per heavy atom. The molecule has 126 valence electrons. The van der Waals surface area contributed by atoms with Gasteiger partial charge in [-0.2, -0.15) is 4.31 Å². The number of piperidine rings is 1. The first-order valence-electron chi connectivity index (χ1n) is 7.83. The SMILES string of the molecule is O=CC1CCCC(c2ccccc2)N1S(=O)(=O)c1ccc(Cl)cc1. The van der Waals surface area contributed by atoms with Crippen molar-refractivity contribution in [1.29, 1.82) is 0 Å². The molecule has 1 fully saturated rings. The van der Waals surface area contributed by atoms with E-state index in [9.17, 15) is 13.2 Å². The molecular formula is C18H18ClNO3S. The number of aldehydes is 1. The van der Waals surface area contributed by atoms with E-state index in [1.165, 1.54) is 16.4 Å². The van der Waals surface area contributed by atoms with Crippen molar-refractivity contribution in [2.45, 2.75) is 36.2 Å². The predicted molar refractivity (Wildman–Crippen MR) is 93.4 cm³/mol. The summed E-state index contributed by atoms with van der Waals surface area (Å²) in [6, 6.07) is 14.5. The van der Waals surface area contributed by atoms with Crippen LogP contribution in [0.5, 0.6) is 0 Å². The van der Waals surface area contributed by atoms with Crippen LogP contribution >= 0.6 is 11.6 Å². The van der Waals surface area contributed by atoms with Crippen LogP contribution in [0.25, 0.3) is 0 Å². The summed E-state index contributed by atoms with van der Waals surface area (Å²) in [6.45, 7) is 0. The average molecular weight is 364 g/mol. The summed E-state index contributed by atoms with van der Waals surface area (Å²) < 4.78 is 27.7. The third-order valence-corrected chi connectivity index (χ3v) is 6.54. The van der Waals surface area contributed by atoms with Gasteiger partial charge in [-0.05, 0) is 49.1 Å². The minimum absolute atomic E-state index is 0.154. The number of benzene rings is 2. The second kappa shape index (κ2) is 7.05. The molecule has 0 amide bonds. The number of rotatable bonds is 4. The first-order chi connectivity index (χ1) is 11.5. The van der Waals surface area contributed by atoms with Gasteiger partial charge in [-0.1, -0.05) is 41.9 Å². The van der Waals surface area contributed by atoms with Crippen LogP contribution in [-0.4, -0.2) is 25.1 Å². The highest BCUT2D eigenvalue weighted by Crippen LogP contribution is 2.38. The molecule has 1 heterocycles. The van der Waals surface area contributed by atoms with Gasteiger partial charge in [0.1, 0.15) is 6.29 Å². The van der Waals surface area contributed by atoms with Crippen molar-refractivity contribution < 1.29 is 13.2 Å². The lowest BCUT2D eigenvalue weighted by atomic mass is 9.94. The molecule has 0 bridgehead atoms. The average Bonchev–Trinajstić information content (AvgIpc) is 2.62. The van der Waals surface area contributed by atoms with Crippen molar-refractivity contribution in [2.75, 3.05) is 0 Å². The van der Waals surface area contributed by atoms with Crippen LogP contribution in [0.2, 0.25) is 5.02 Å². The highest BCUT2D eigenvalue weighted by Gasteiger charge is 2.40. The molecule has 2 aromatic carbocycles. The number of sulfonamides is 1. The standard InChI is InChI=1S/C18H18ClNO3S/c19-15-9-11-17(12-10-15)24(22,23)20-16(13-21)7-4-8-18(20)14-5-2-1-3-6-14/h1-3,5-6,9-13,16,18H,4,7-8H2. The predicted octanol–water partition coefficient (Wildman–Crippen LogP) is 3.82. The minimum atomic E-state index is -3.79. The first-order valence-corrected chi connectivity index (χ1v) is 9.65. The van der Waals surface area contributed by atoms with Gasteiger partial charge in [0.15, 0.2) is 0 Å². The van der Waals surface area contributed by atoms with Crippen LogP contribution in [0, 0.1) is 0 Å². The second-order valence-electron chi connectivity index (χ2n) is 5.85. The summed E-state index contributed by atoms with van der Waals surface area (Å²) in [5.74, 6) is 0. The Morgan fingerprint density at radius 2 is 1.67 bits per heavy atom. The van der Waals surface area contributed by atoms with E-state index >= 15 is 0 Å². The molecule has 1 aliphatic rings. The van der Waals surface area contributed by atoms with E-state index < -0.39 is 16.1 Å². The van der Waals surface area contributed by atoms with Crippen LogP contribution < -0.4 is 0 Å². The molecule has 1 aliphatic heterocycles. The Balaban J connectivity index is 2.07. The van der Waals surface area contributed by atoms with Crippen molar-refractivity contribution >= 4 is 27.9 Å². The summed E-state index contributed by atoms with van der Waals surface area (Å²) >= 11 is 5.86. The minimum Gasteiger partial charge on any atom is -0.302 e. The Bertz CT molecular complexity index is 806.